The van der Waals surface area contributed by atoms with Gasteiger partial charge < -0.3 is 5.73 Å². The molecule has 0 aliphatic carbocycles. The molecule has 0 bridgehead atoms. The maximum absolute atomic E-state index is 10.7. The van der Waals surface area contributed by atoms with Crippen LogP contribution in [0.4, 0.5) is 0 Å². The molecule has 0 saturated heterocycles. The predicted octanol–water partition coefficient (Wildman–Crippen LogP) is -0.341. The van der Waals surface area contributed by atoms with E-state index in [1.165, 1.54) is 11.8 Å². The lowest BCUT2D eigenvalue weighted by molar-refractivity contribution is -0.117. The minimum Gasteiger partial charge on any atom is -0.369 e. The first-order valence-electron chi connectivity index (χ1n) is 3.87. The van der Waals surface area contributed by atoms with E-state index < -0.39 is 0 Å². The second-order valence-electron chi connectivity index (χ2n) is 2.44. The molecule has 0 aliphatic heterocycles. The second kappa shape index (κ2) is 4.22. The minimum atomic E-state index is -0.365. The number of amides is 1. The molecule has 1 heterocycles. The zero-order valence-corrected chi connectivity index (χ0v) is 8.28. The molecule has 1 unspecified atom stereocenters. The van der Waals surface area contributed by atoms with Crippen LogP contribution in [0, 0.1) is 0 Å². The molecule has 7 heteroatoms. The van der Waals surface area contributed by atoms with Crippen molar-refractivity contribution in [2.45, 2.75) is 30.8 Å². The lowest BCUT2D eigenvalue weighted by Crippen LogP contribution is -2.23. The number of hydrogen-bond donors (Lipinski definition) is 1. The zero-order chi connectivity index (χ0) is 9.84. The van der Waals surface area contributed by atoms with Gasteiger partial charge in [0.15, 0.2) is 0 Å². The largest absolute Gasteiger partial charge is 0.369 e. The van der Waals surface area contributed by atoms with Crippen LogP contribution in [-0.4, -0.2) is 31.4 Å². The topological polar surface area (TPSA) is 86.7 Å². The van der Waals surface area contributed by atoms with Crippen molar-refractivity contribution in [3.05, 3.63) is 0 Å². The lowest BCUT2D eigenvalue weighted by Gasteiger charge is -2.04. The highest BCUT2D eigenvalue weighted by Crippen LogP contribution is 2.19. The number of aryl methyl sites for hydroxylation is 1. The highest BCUT2D eigenvalue weighted by molar-refractivity contribution is 8.00. The van der Waals surface area contributed by atoms with Gasteiger partial charge in [0.05, 0.1) is 5.25 Å². The number of carbonyl (C=O) groups excluding carboxylic acids is 1. The maximum atomic E-state index is 10.7. The summed E-state index contributed by atoms with van der Waals surface area (Å²) in [6.45, 7) is 4.33. The van der Waals surface area contributed by atoms with Crippen molar-refractivity contribution in [2.24, 2.45) is 5.73 Å². The van der Waals surface area contributed by atoms with Crippen LogP contribution in [0.3, 0.4) is 0 Å². The van der Waals surface area contributed by atoms with E-state index in [-0.39, 0.29) is 11.2 Å². The molecule has 0 radical (unpaired) electrons. The molecule has 6 nitrogen and oxygen atoms in total. The Balaban J connectivity index is 2.68. The van der Waals surface area contributed by atoms with Crippen LogP contribution < -0.4 is 5.73 Å². The van der Waals surface area contributed by atoms with Crippen molar-refractivity contribution in [1.82, 2.24) is 20.2 Å². The number of tetrazole rings is 1. The molecule has 0 saturated carbocycles. The second-order valence-corrected chi connectivity index (χ2v) is 3.75. The predicted molar refractivity (Wildman–Crippen MR) is 48.0 cm³/mol. The maximum Gasteiger partial charge on any atom is 0.230 e. The average molecular weight is 201 g/mol. The van der Waals surface area contributed by atoms with E-state index in [0.717, 1.165) is 0 Å². The quantitative estimate of drug-likeness (QED) is 0.673. The van der Waals surface area contributed by atoms with E-state index in [2.05, 4.69) is 15.5 Å². The van der Waals surface area contributed by atoms with Gasteiger partial charge in [-0.1, -0.05) is 11.8 Å². The summed E-state index contributed by atoms with van der Waals surface area (Å²) in [5, 5.41) is 11.3. The summed E-state index contributed by atoms with van der Waals surface area (Å²) in [5.74, 6) is -0.365. The van der Waals surface area contributed by atoms with Crippen molar-refractivity contribution in [1.29, 1.82) is 0 Å². The summed E-state index contributed by atoms with van der Waals surface area (Å²) >= 11 is 1.26. The van der Waals surface area contributed by atoms with Gasteiger partial charge in [0, 0.05) is 6.54 Å². The molecule has 1 aromatic rings. The van der Waals surface area contributed by atoms with E-state index in [1.54, 1.807) is 11.6 Å². The molecule has 72 valence electrons. The number of aromatic nitrogens is 4. The molecule has 13 heavy (non-hydrogen) atoms. The third kappa shape index (κ3) is 2.41. The fourth-order valence-electron chi connectivity index (χ4n) is 0.696. The SMILES string of the molecule is CCn1nnnc1SC(C)C(N)=O. The van der Waals surface area contributed by atoms with Gasteiger partial charge in [0.1, 0.15) is 0 Å². The Bertz CT molecular complexity index is 299. The molecule has 1 rings (SSSR count). The first-order valence-corrected chi connectivity index (χ1v) is 4.75. The van der Waals surface area contributed by atoms with Crippen LogP contribution in [0.15, 0.2) is 5.16 Å². The number of hydrogen-bond acceptors (Lipinski definition) is 5. The van der Waals surface area contributed by atoms with Gasteiger partial charge >= 0.3 is 0 Å². The van der Waals surface area contributed by atoms with Crippen molar-refractivity contribution in [3.63, 3.8) is 0 Å². The minimum absolute atomic E-state index is 0.309. The molecule has 0 aliphatic rings. The van der Waals surface area contributed by atoms with E-state index in [4.69, 9.17) is 5.73 Å². The fraction of sp³-hybridized carbons (Fsp3) is 0.667. The molecule has 0 fully saturated rings. The summed E-state index contributed by atoms with van der Waals surface area (Å²) < 4.78 is 1.62. The van der Waals surface area contributed by atoms with Gasteiger partial charge in [0.25, 0.3) is 0 Å². The molecule has 1 aromatic heterocycles. The third-order valence-corrected chi connectivity index (χ3v) is 2.57. The Morgan fingerprint density at radius 3 is 3.00 bits per heavy atom. The van der Waals surface area contributed by atoms with Crippen molar-refractivity contribution < 1.29 is 4.79 Å². The zero-order valence-electron chi connectivity index (χ0n) is 7.47. The van der Waals surface area contributed by atoms with Gasteiger partial charge in [-0.05, 0) is 24.3 Å². The van der Waals surface area contributed by atoms with Gasteiger partial charge in [-0.15, -0.1) is 5.10 Å². The number of nitrogens with two attached hydrogens (primary N) is 1. The van der Waals surface area contributed by atoms with Crippen LogP contribution in [0.2, 0.25) is 0 Å². The van der Waals surface area contributed by atoms with Crippen LogP contribution in [0.5, 0.6) is 0 Å². The fourth-order valence-corrected chi connectivity index (χ4v) is 1.50. The Morgan fingerprint density at radius 1 is 1.77 bits per heavy atom. The summed E-state index contributed by atoms with van der Waals surface area (Å²) in [4.78, 5) is 10.7. The van der Waals surface area contributed by atoms with Gasteiger partial charge in [-0.2, -0.15) is 0 Å². The van der Waals surface area contributed by atoms with Crippen molar-refractivity contribution in [2.75, 3.05) is 0 Å². The van der Waals surface area contributed by atoms with Crippen LogP contribution in [0.25, 0.3) is 0 Å². The molecule has 2 N–H and O–H groups in total. The summed E-state index contributed by atoms with van der Waals surface area (Å²) in [5.41, 5.74) is 5.11. The Labute approximate surface area is 79.9 Å². The monoisotopic (exact) mass is 201 g/mol. The van der Waals surface area contributed by atoms with E-state index in [1.807, 2.05) is 6.92 Å². The third-order valence-electron chi connectivity index (χ3n) is 1.48. The van der Waals surface area contributed by atoms with Gasteiger partial charge in [-0.3, -0.25) is 4.79 Å². The summed E-state index contributed by atoms with van der Waals surface area (Å²) in [7, 11) is 0. The Kier molecular flexibility index (Phi) is 3.24. The highest BCUT2D eigenvalue weighted by atomic mass is 32.2. The molecular weight excluding hydrogens is 190 g/mol. The summed E-state index contributed by atoms with van der Waals surface area (Å²) in [6, 6.07) is 0. The first-order chi connectivity index (χ1) is 6.15. The number of nitrogens with zero attached hydrogens (tertiary/aromatic N) is 4. The van der Waals surface area contributed by atoms with E-state index in [9.17, 15) is 4.79 Å². The molecule has 1 amide bonds. The van der Waals surface area contributed by atoms with Crippen LogP contribution >= 0.6 is 11.8 Å². The van der Waals surface area contributed by atoms with Crippen molar-refractivity contribution in [3.8, 4) is 0 Å². The smallest absolute Gasteiger partial charge is 0.230 e. The number of rotatable bonds is 4. The van der Waals surface area contributed by atoms with E-state index in [0.29, 0.717) is 11.7 Å². The molecular formula is C6H11N5OS. The van der Waals surface area contributed by atoms with Gasteiger partial charge in [-0.25, -0.2) is 4.68 Å². The Hall–Kier alpha value is -1.11. The molecule has 0 spiro atoms. The summed E-state index contributed by atoms with van der Waals surface area (Å²) in [6.07, 6.45) is 0. The molecule has 0 aromatic carbocycles. The molecule has 1 atom stereocenters. The van der Waals surface area contributed by atoms with E-state index >= 15 is 0 Å². The lowest BCUT2D eigenvalue weighted by atomic mass is 10.5. The standard InChI is InChI=1S/C6H11N5OS/c1-3-11-6(8-9-10-11)13-4(2)5(7)12/h4H,3H2,1-2H3,(H2,7,12). The average Bonchev–Trinajstić information content (AvgIpc) is 2.51. The first kappa shape index (κ1) is 9.97. The van der Waals surface area contributed by atoms with Gasteiger partial charge in [0.2, 0.25) is 11.1 Å². The number of thioether (sulfide) groups is 1. The number of primary amides is 1. The highest BCUT2D eigenvalue weighted by Gasteiger charge is 2.14. The van der Waals surface area contributed by atoms with Crippen LogP contribution in [-0.2, 0) is 11.3 Å². The Morgan fingerprint density at radius 2 is 2.46 bits per heavy atom. The van der Waals surface area contributed by atoms with Crippen molar-refractivity contribution >= 4 is 17.7 Å². The normalized spacial score (nSPS) is 12.8. The number of carbonyl (C=O) groups is 1. The van der Waals surface area contributed by atoms with Crippen LogP contribution in [0.1, 0.15) is 13.8 Å².